The van der Waals surface area contributed by atoms with Crippen LogP contribution < -0.4 is 10.6 Å². The molecule has 22 heavy (non-hydrogen) atoms. The first kappa shape index (κ1) is 18.6. The quantitative estimate of drug-likeness (QED) is 0.902. The molecule has 0 saturated carbocycles. The Hall–Kier alpha value is -1.40. The number of carbonyl (C=O) groups is 1. The highest BCUT2D eigenvalue weighted by atomic mass is 35.5. The van der Waals surface area contributed by atoms with Crippen LogP contribution in [0, 0.1) is 5.92 Å². The van der Waals surface area contributed by atoms with Crippen molar-refractivity contribution < 1.29 is 4.79 Å². The minimum absolute atomic E-state index is 0. The van der Waals surface area contributed by atoms with E-state index in [1.807, 2.05) is 37.9 Å². The van der Waals surface area contributed by atoms with Gasteiger partial charge < -0.3 is 15.5 Å². The van der Waals surface area contributed by atoms with Gasteiger partial charge >= 0.3 is 0 Å². The van der Waals surface area contributed by atoms with Gasteiger partial charge in [-0.15, -0.1) is 17.5 Å². The smallest absolute Gasteiger partial charge is 0.239 e. The van der Waals surface area contributed by atoms with Crippen molar-refractivity contribution in [1.82, 2.24) is 15.1 Å². The van der Waals surface area contributed by atoms with Gasteiger partial charge in [-0.05, 0) is 30.9 Å². The van der Waals surface area contributed by atoms with E-state index in [1.165, 1.54) is 0 Å². The van der Waals surface area contributed by atoms with Crippen molar-refractivity contribution >= 4 is 24.1 Å². The number of hydrogen-bond donors (Lipinski definition) is 1. The molecule has 7 heteroatoms. The highest BCUT2D eigenvalue weighted by Gasteiger charge is 2.29. The SMILES string of the molecule is CC(C)[C@H](N)C(=O)N1CCC(N(C)c2cccnn2)CC1.Cl. The second-order valence-corrected chi connectivity index (χ2v) is 6.02. The summed E-state index contributed by atoms with van der Waals surface area (Å²) in [5.41, 5.74) is 5.96. The van der Waals surface area contributed by atoms with Gasteiger partial charge in [0.05, 0.1) is 6.04 Å². The maximum atomic E-state index is 12.3. The number of nitrogens with zero attached hydrogens (tertiary/aromatic N) is 4. The van der Waals surface area contributed by atoms with Crippen LogP contribution in [-0.2, 0) is 4.79 Å². The summed E-state index contributed by atoms with van der Waals surface area (Å²) in [5.74, 6) is 1.13. The van der Waals surface area contributed by atoms with Crippen LogP contribution >= 0.6 is 12.4 Å². The van der Waals surface area contributed by atoms with E-state index in [0.29, 0.717) is 6.04 Å². The van der Waals surface area contributed by atoms with E-state index in [0.717, 1.165) is 31.7 Å². The Balaban J connectivity index is 0.00000242. The van der Waals surface area contributed by atoms with Crippen LogP contribution in [0.15, 0.2) is 18.3 Å². The lowest BCUT2D eigenvalue weighted by molar-refractivity contribution is -0.134. The molecule has 1 aliphatic heterocycles. The van der Waals surface area contributed by atoms with E-state index >= 15 is 0 Å². The monoisotopic (exact) mass is 327 g/mol. The molecule has 0 aliphatic carbocycles. The number of amides is 1. The molecule has 2 N–H and O–H groups in total. The largest absolute Gasteiger partial charge is 0.355 e. The van der Waals surface area contributed by atoms with E-state index in [9.17, 15) is 4.79 Å². The predicted octanol–water partition coefficient (Wildman–Crippen LogP) is 1.31. The number of aromatic nitrogens is 2. The number of anilines is 1. The third-order valence-electron chi connectivity index (χ3n) is 4.25. The minimum Gasteiger partial charge on any atom is -0.355 e. The molecule has 0 aromatic carbocycles. The van der Waals surface area contributed by atoms with Crippen molar-refractivity contribution in [3.8, 4) is 0 Å². The van der Waals surface area contributed by atoms with Crippen LogP contribution in [0.1, 0.15) is 26.7 Å². The van der Waals surface area contributed by atoms with Crippen molar-refractivity contribution in [2.75, 3.05) is 25.0 Å². The number of rotatable bonds is 4. The maximum Gasteiger partial charge on any atom is 0.239 e. The molecular weight excluding hydrogens is 302 g/mol. The Morgan fingerprint density at radius 1 is 1.41 bits per heavy atom. The van der Waals surface area contributed by atoms with Gasteiger partial charge in [0.25, 0.3) is 0 Å². The lowest BCUT2D eigenvalue weighted by atomic mass is 9.99. The van der Waals surface area contributed by atoms with E-state index in [1.54, 1.807) is 6.20 Å². The van der Waals surface area contributed by atoms with E-state index in [2.05, 4.69) is 15.1 Å². The average Bonchev–Trinajstić information content (AvgIpc) is 2.53. The molecule has 1 aromatic heterocycles. The van der Waals surface area contributed by atoms with Gasteiger partial charge in [-0.3, -0.25) is 4.79 Å². The molecule has 0 bridgehead atoms. The van der Waals surface area contributed by atoms with Crippen molar-refractivity contribution in [1.29, 1.82) is 0 Å². The van der Waals surface area contributed by atoms with Crippen molar-refractivity contribution in [3.63, 3.8) is 0 Å². The first-order chi connectivity index (χ1) is 10.0. The van der Waals surface area contributed by atoms with Crippen molar-refractivity contribution in [2.24, 2.45) is 11.7 Å². The molecule has 6 nitrogen and oxygen atoms in total. The normalized spacial score (nSPS) is 17.0. The number of piperidine rings is 1. The zero-order valence-corrected chi connectivity index (χ0v) is 14.3. The van der Waals surface area contributed by atoms with Crippen LogP contribution in [0.5, 0.6) is 0 Å². The second kappa shape index (κ2) is 8.29. The first-order valence-corrected chi connectivity index (χ1v) is 7.55. The molecule has 0 unspecified atom stereocenters. The van der Waals surface area contributed by atoms with Crippen LogP contribution in [0.3, 0.4) is 0 Å². The Morgan fingerprint density at radius 3 is 2.55 bits per heavy atom. The fraction of sp³-hybridized carbons (Fsp3) is 0.667. The van der Waals surface area contributed by atoms with Crippen molar-refractivity contribution in [2.45, 2.75) is 38.8 Å². The summed E-state index contributed by atoms with van der Waals surface area (Å²) in [7, 11) is 2.03. The van der Waals surface area contributed by atoms with E-state index < -0.39 is 0 Å². The second-order valence-electron chi connectivity index (χ2n) is 6.02. The zero-order valence-electron chi connectivity index (χ0n) is 13.5. The molecule has 1 atom stereocenters. The van der Waals surface area contributed by atoms with Crippen LogP contribution in [0.2, 0.25) is 0 Å². The zero-order chi connectivity index (χ0) is 15.4. The number of likely N-dealkylation sites (tertiary alicyclic amines) is 1. The summed E-state index contributed by atoms with van der Waals surface area (Å²) in [4.78, 5) is 16.3. The fourth-order valence-corrected chi connectivity index (χ4v) is 2.64. The molecule has 1 aliphatic rings. The Kier molecular flexibility index (Phi) is 7.03. The van der Waals surface area contributed by atoms with Crippen LogP contribution in [-0.4, -0.2) is 53.2 Å². The predicted molar refractivity (Wildman–Crippen MR) is 90.1 cm³/mol. The molecular formula is C15H26ClN5O. The molecule has 0 spiro atoms. The van der Waals surface area contributed by atoms with Gasteiger partial charge in [0, 0.05) is 32.4 Å². The van der Waals surface area contributed by atoms with Crippen molar-refractivity contribution in [3.05, 3.63) is 18.3 Å². The van der Waals surface area contributed by atoms with Gasteiger partial charge in [-0.2, -0.15) is 5.10 Å². The maximum absolute atomic E-state index is 12.3. The van der Waals surface area contributed by atoms with E-state index in [4.69, 9.17) is 5.73 Å². The molecule has 1 fully saturated rings. The van der Waals surface area contributed by atoms with Crippen LogP contribution in [0.25, 0.3) is 0 Å². The summed E-state index contributed by atoms with van der Waals surface area (Å²) in [6, 6.07) is 3.85. The molecule has 1 saturated heterocycles. The van der Waals surface area contributed by atoms with Gasteiger partial charge in [0.1, 0.15) is 0 Å². The third-order valence-corrected chi connectivity index (χ3v) is 4.25. The number of nitrogens with two attached hydrogens (primary N) is 1. The summed E-state index contributed by atoms with van der Waals surface area (Å²) in [5, 5.41) is 8.05. The Labute approximate surface area is 138 Å². The standard InChI is InChI=1S/C15H25N5O.ClH/c1-11(2)14(16)15(21)20-9-6-12(7-10-20)19(3)13-5-4-8-17-18-13;/h4-5,8,11-12,14H,6-7,9-10,16H2,1-3H3;1H/t14-;/m0./s1. The third kappa shape index (κ3) is 4.30. The molecule has 0 radical (unpaired) electrons. The summed E-state index contributed by atoms with van der Waals surface area (Å²) < 4.78 is 0. The first-order valence-electron chi connectivity index (χ1n) is 7.55. The van der Waals surface area contributed by atoms with Crippen LogP contribution in [0.4, 0.5) is 5.82 Å². The summed E-state index contributed by atoms with van der Waals surface area (Å²) >= 11 is 0. The summed E-state index contributed by atoms with van der Waals surface area (Å²) in [6.07, 6.45) is 3.54. The van der Waals surface area contributed by atoms with Gasteiger partial charge in [0.15, 0.2) is 5.82 Å². The lowest BCUT2D eigenvalue weighted by Gasteiger charge is -2.38. The minimum atomic E-state index is -0.390. The van der Waals surface area contributed by atoms with Gasteiger partial charge in [-0.25, -0.2) is 0 Å². The topological polar surface area (TPSA) is 75.4 Å². The number of halogens is 1. The number of carbonyl (C=O) groups excluding carboxylic acids is 1. The summed E-state index contributed by atoms with van der Waals surface area (Å²) in [6.45, 7) is 5.48. The Morgan fingerprint density at radius 2 is 2.05 bits per heavy atom. The molecule has 2 heterocycles. The highest BCUT2D eigenvalue weighted by molar-refractivity contribution is 5.85. The number of hydrogen-bond acceptors (Lipinski definition) is 5. The fourth-order valence-electron chi connectivity index (χ4n) is 2.64. The Bertz CT molecular complexity index is 462. The average molecular weight is 328 g/mol. The lowest BCUT2D eigenvalue weighted by Crippen LogP contribution is -2.52. The van der Waals surface area contributed by atoms with Gasteiger partial charge in [0.2, 0.25) is 5.91 Å². The molecule has 124 valence electrons. The molecule has 1 amide bonds. The molecule has 1 aromatic rings. The van der Waals surface area contributed by atoms with E-state index in [-0.39, 0.29) is 30.3 Å². The highest BCUT2D eigenvalue weighted by Crippen LogP contribution is 2.20. The van der Waals surface area contributed by atoms with Gasteiger partial charge in [-0.1, -0.05) is 13.8 Å². The molecule has 2 rings (SSSR count).